The Kier molecular flexibility index (Phi) is 4.39. The van der Waals surface area contributed by atoms with Gasteiger partial charge in [0, 0.05) is 12.6 Å². The number of benzene rings is 1. The van der Waals surface area contributed by atoms with E-state index in [4.69, 9.17) is 0 Å². The second-order valence-electron chi connectivity index (χ2n) is 4.36. The molecule has 0 unspecified atom stereocenters. The van der Waals surface area contributed by atoms with Crippen LogP contribution in [0.3, 0.4) is 0 Å². The molecule has 1 heterocycles. The van der Waals surface area contributed by atoms with Crippen molar-refractivity contribution in [3.8, 4) is 11.8 Å². The molecule has 0 aliphatic carbocycles. The maximum atomic E-state index is 11.7. The Bertz CT molecular complexity index is 703. The first-order chi connectivity index (χ1) is 9.61. The first kappa shape index (κ1) is 14.1. The summed E-state index contributed by atoms with van der Waals surface area (Å²) in [5.74, 6) is 6.13. The van der Waals surface area contributed by atoms with Crippen LogP contribution in [0.5, 0.6) is 0 Å². The van der Waals surface area contributed by atoms with E-state index in [9.17, 15) is 4.79 Å². The van der Waals surface area contributed by atoms with Crippen molar-refractivity contribution in [1.29, 1.82) is 0 Å². The number of aryl methyl sites for hydroxylation is 1. The van der Waals surface area contributed by atoms with Crippen LogP contribution >= 0.6 is 11.3 Å². The molecule has 3 heteroatoms. The third-order valence-corrected chi connectivity index (χ3v) is 3.79. The summed E-state index contributed by atoms with van der Waals surface area (Å²) in [6.07, 6.45) is 1.30. The molecule has 0 atom stereocenters. The van der Waals surface area contributed by atoms with Gasteiger partial charge < -0.3 is 4.90 Å². The first-order valence-corrected chi connectivity index (χ1v) is 7.06. The molecule has 2 nitrogen and oxygen atoms in total. The molecule has 1 amide bonds. The first-order valence-electron chi connectivity index (χ1n) is 6.18. The van der Waals surface area contributed by atoms with E-state index in [2.05, 4.69) is 29.9 Å². The molecule has 0 bridgehead atoms. The molecule has 0 aliphatic rings. The van der Waals surface area contributed by atoms with Gasteiger partial charge in [0.25, 0.3) is 0 Å². The van der Waals surface area contributed by atoms with Crippen molar-refractivity contribution >= 4 is 22.9 Å². The van der Waals surface area contributed by atoms with E-state index in [1.54, 1.807) is 23.3 Å². The lowest BCUT2D eigenvalue weighted by Crippen LogP contribution is -2.24. The zero-order chi connectivity index (χ0) is 14.5. The lowest BCUT2D eigenvalue weighted by Gasteiger charge is -2.16. The van der Waals surface area contributed by atoms with Crippen molar-refractivity contribution in [2.24, 2.45) is 0 Å². The van der Waals surface area contributed by atoms with Crippen LogP contribution in [0, 0.1) is 18.8 Å². The molecular weight excluding hydrogens is 266 g/mol. The van der Waals surface area contributed by atoms with Crippen LogP contribution in [-0.2, 0) is 4.79 Å². The highest BCUT2D eigenvalue weighted by molar-refractivity contribution is 7.10. The van der Waals surface area contributed by atoms with Gasteiger partial charge in [0.05, 0.1) is 10.6 Å². The van der Waals surface area contributed by atoms with E-state index < -0.39 is 0 Å². The monoisotopic (exact) mass is 281 g/mol. The van der Waals surface area contributed by atoms with Crippen molar-refractivity contribution in [2.75, 3.05) is 11.9 Å². The smallest absolute Gasteiger partial charge is 0.250 e. The Balaban J connectivity index is 2.36. The third-order valence-electron chi connectivity index (χ3n) is 2.82. The van der Waals surface area contributed by atoms with Gasteiger partial charge in [-0.15, -0.1) is 11.3 Å². The lowest BCUT2D eigenvalue weighted by molar-refractivity contribution is -0.113. The molecule has 20 heavy (non-hydrogen) atoms. The van der Waals surface area contributed by atoms with Gasteiger partial charge in [-0.05, 0) is 42.1 Å². The highest BCUT2D eigenvalue weighted by Gasteiger charge is 2.09. The number of amides is 1. The Morgan fingerprint density at radius 2 is 2.10 bits per heavy atom. The van der Waals surface area contributed by atoms with Gasteiger partial charge in [0.2, 0.25) is 5.91 Å². The Morgan fingerprint density at radius 3 is 2.75 bits per heavy atom. The summed E-state index contributed by atoms with van der Waals surface area (Å²) < 4.78 is 0. The van der Waals surface area contributed by atoms with Gasteiger partial charge in [-0.2, -0.15) is 0 Å². The highest BCUT2D eigenvalue weighted by Crippen LogP contribution is 2.19. The number of carbonyl (C=O) groups is 1. The molecule has 0 radical (unpaired) electrons. The minimum absolute atomic E-state index is 0.147. The van der Waals surface area contributed by atoms with Crippen molar-refractivity contribution in [3.63, 3.8) is 0 Å². The summed E-state index contributed by atoms with van der Waals surface area (Å²) in [6, 6.07) is 9.65. The number of anilines is 1. The third kappa shape index (κ3) is 3.17. The SMILES string of the molecule is C=CC(=O)N(C)c1ccccc1C#Cc1cc(C)cs1. The molecule has 0 spiro atoms. The second-order valence-corrected chi connectivity index (χ2v) is 5.27. The van der Waals surface area contributed by atoms with Gasteiger partial charge in [-0.25, -0.2) is 0 Å². The van der Waals surface area contributed by atoms with E-state index in [1.165, 1.54) is 11.6 Å². The lowest BCUT2D eigenvalue weighted by atomic mass is 10.1. The van der Waals surface area contributed by atoms with E-state index in [1.807, 2.05) is 31.2 Å². The molecule has 0 N–H and O–H groups in total. The summed E-state index contributed by atoms with van der Waals surface area (Å²) in [4.78, 5) is 14.3. The van der Waals surface area contributed by atoms with Crippen molar-refractivity contribution < 1.29 is 4.79 Å². The largest absolute Gasteiger partial charge is 0.311 e. The van der Waals surface area contributed by atoms with Crippen molar-refractivity contribution in [3.05, 3.63) is 64.4 Å². The summed E-state index contributed by atoms with van der Waals surface area (Å²) >= 11 is 1.62. The molecule has 0 saturated heterocycles. The maximum absolute atomic E-state index is 11.7. The van der Waals surface area contributed by atoms with Crippen molar-refractivity contribution in [1.82, 2.24) is 0 Å². The Labute approximate surface area is 123 Å². The predicted molar refractivity (Wildman–Crippen MR) is 85.1 cm³/mol. The number of hydrogen-bond acceptors (Lipinski definition) is 2. The molecule has 2 aromatic rings. The van der Waals surface area contributed by atoms with E-state index in [0.29, 0.717) is 0 Å². The number of hydrogen-bond donors (Lipinski definition) is 0. The molecule has 2 rings (SSSR count). The molecular formula is C17H15NOS. The van der Waals surface area contributed by atoms with Crippen LogP contribution in [0.1, 0.15) is 16.0 Å². The second kappa shape index (κ2) is 6.23. The van der Waals surface area contributed by atoms with Crippen LogP contribution in [0.4, 0.5) is 5.69 Å². The van der Waals surface area contributed by atoms with E-state index in [0.717, 1.165) is 16.1 Å². The topological polar surface area (TPSA) is 20.3 Å². The number of likely N-dealkylation sites (N-methyl/N-ethyl adjacent to an activating group) is 1. The van der Waals surface area contributed by atoms with E-state index >= 15 is 0 Å². The van der Waals surface area contributed by atoms with Crippen LogP contribution < -0.4 is 4.90 Å². The van der Waals surface area contributed by atoms with Gasteiger partial charge >= 0.3 is 0 Å². The van der Waals surface area contributed by atoms with Crippen molar-refractivity contribution in [2.45, 2.75) is 6.92 Å². The summed E-state index contributed by atoms with van der Waals surface area (Å²) in [5.41, 5.74) is 2.83. The molecule has 0 fully saturated rings. The van der Waals surface area contributed by atoms with Gasteiger partial charge in [-0.1, -0.05) is 30.6 Å². The number of rotatable bonds is 2. The fourth-order valence-electron chi connectivity index (χ4n) is 1.75. The Hall–Kier alpha value is -2.31. The number of para-hydroxylation sites is 1. The quantitative estimate of drug-likeness (QED) is 0.608. The van der Waals surface area contributed by atoms with Gasteiger partial charge in [0.15, 0.2) is 0 Å². The fourth-order valence-corrected chi connectivity index (χ4v) is 2.50. The predicted octanol–water partition coefficient (Wildman–Crippen LogP) is 3.61. The molecule has 0 saturated carbocycles. The molecule has 1 aromatic carbocycles. The fraction of sp³-hybridized carbons (Fsp3) is 0.118. The number of nitrogens with zero attached hydrogens (tertiary/aromatic N) is 1. The van der Waals surface area contributed by atoms with Crippen LogP contribution in [0.2, 0.25) is 0 Å². The maximum Gasteiger partial charge on any atom is 0.250 e. The minimum atomic E-state index is -0.147. The van der Waals surface area contributed by atoms with Crippen LogP contribution in [0.25, 0.3) is 0 Å². The zero-order valence-corrected chi connectivity index (χ0v) is 12.3. The summed E-state index contributed by atoms with van der Waals surface area (Å²) in [6.45, 7) is 5.56. The molecule has 100 valence electrons. The average molecular weight is 281 g/mol. The standard InChI is InChI=1S/C17H15NOS/c1-4-17(19)18(3)16-8-6-5-7-14(16)9-10-15-11-13(2)12-20-15/h4-8,11-12H,1H2,2-3H3. The van der Waals surface area contributed by atoms with E-state index in [-0.39, 0.29) is 5.91 Å². The summed E-state index contributed by atoms with van der Waals surface area (Å²) in [7, 11) is 1.72. The normalized spacial score (nSPS) is 9.50. The van der Waals surface area contributed by atoms with Gasteiger partial charge in [-0.3, -0.25) is 4.79 Å². The molecule has 1 aromatic heterocycles. The van der Waals surface area contributed by atoms with Crippen LogP contribution in [-0.4, -0.2) is 13.0 Å². The Morgan fingerprint density at radius 1 is 1.35 bits per heavy atom. The van der Waals surface area contributed by atoms with Gasteiger partial charge in [0.1, 0.15) is 0 Å². The molecule has 0 aliphatic heterocycles. The zero-order valence-electron chi connectivity index (χ0n) is 11.5. The average Bonchev–Trinajstić information content (AvgIpc) is 2.89. The van der Waals surface area contributed by atoms with Crippen LogP contribution in [0.15, 0.2) is 48.4 Å². The number of carbonyl (C=O) groups excluding carboxylic acids is 1. The number of thiophene rings is 1. The minimum Gasteiger partial charge on any atom is -0.311 e. The summed E-state index contributed by atoms with van der Waals surface area (Å²) in [5, 5.41) is 2.07. The highest BCUT2D eigenvalue weighted by atomic mass is 32.1.